The summed E-state index contributed by atoms with van der Waals surface area (Å²) in [5.41, 5.74) is 0. The van der Waals surface area contributed by atoms with E-state index in [1.807, 2.05) is 0 Å². The molecule has 1 unspecified atom stereocenters. The third-order valence-electron chi connectivity index (χ3n) is 2.85. The molecule has 96 valence electrons. The maximum Gasteiger partial charge on any atom is 0.234 e. The van der Waals surface area contributed by atoms with Crippen molar-refractivity contribution in [3.8, 4) is 0 Å². The average molecular weight is 256 g/mol. The Balaban J connectivity index is 3.95. The van der Waals surface area contributed by atoms with Gasteiger partial charge in [0.05, 0.1) is 13.1 Å². The Labute approximate surface area is 105 Å². The van der Waals surface area contributed by atoms with E-state index in [1.54, 1.807) is 0 Å². The van der Waals surface area contributed by atoms with Gasteiger partial charge in [-0.2, -0.15) is 0 Å². The van der Waals surface area contributed by atoms with Crippen LogP contribution in [0, 0.1) is 5.92 Å². The molecular weight excluding hydrogens is 236 g/mol. The van der Waals surface area contributed by atoms with Crippen LogP contribution in [0.3, 0.4) is 0 Å². The maximum atomic E-state index is 9.92. The molecule has 0 aliphatic carbocycles. The van der Waals surface area contributed by atoms with Crippen LogP contribution in [0.15, 0.2) is 9.98 Å². The van der Waals surface area contributed by atoms with Crippen molar-refractivity contribution in [1.82, 2.24) is 0 Å². The summed E-state index contributed by atoms with van der Waals surface area (Å²) < 4.78 is 5.45. The lowest BCUT2D eigenvalue weighted by atomic mass is 9.93. The van der Waals surface area contributed by atoms with Gasteiger partial charge in [-0.25, -0.2) is 19.6 Å². The van der Waals surface area contributed by atoms with Crippen molar-refractivity contribution in [1.29, 1.82) is 0 Å². The summed E-state index contributed by atoms with van der Waals surface area (Å²) in [6, 6.07) is 0. The first-order valence-corrected chi connectivity index (χ1v) is 6.68. The number of hydrogen-bond acceptors (Lipinski definition) is 5. The predicted molar refractivity (Wildman–Crippen MR) is 68.4 cm³/mol. The van der Waals surface area contributed by atoms with E-state index in [-0.39, 0.29) is 6.10 Å². The van der Waals surface area contributed by atoms with Gasteiger partial charge >= 0.3 is 0 Å². The minimum Gasteiger partial charge on any atom is -0.425 e. The summed E-state index contributed by atoms with van der Waals surface area (Å²) in [6.07, 6.45) is 6.98. The van der Waals surface area contributed by atoms with E-state index < -0.39 is 0 Å². The SMILES string of the molecule is CC(O[SiH3])C(CCCN=C=O)CCCN=C=O. The molecule has 0 rings (SSSR count). The fourth-order valence-corrected chi connectivity index (χ4v) is 2.15. The highest BCUT2D eigenvalue weighted by Gasteiger charge is 2.15. The van der Waals surface area contributed by atoms with Crippen molar-refractivity contribution in [3.63, 3.8) is 0 Å². The molecule has 0 heterocycles. The molecule has 0 radical (unpaired) electrons. The van der Waals surface area contributed by atoms with Crippen LogP contribution in [0.25, 0.3) is 0 Å². The minimum absolute atomic E-state index is 0.224. The number of aliphatic imine (C=N–C) groups is 2. The first kappa shape index (κ1) is 15.9. The topological polar surface area (TPSA) is 68.1 Å². The van der Waals surface area contributed by atoms with Gasteiger partial charge in [-0.15, -0.1) is 0 Å². The zero-order chi connectivity index (χ0) is 12.9. The molecule has 0 saturated carbocycles. The smallest absolute Gasteiger partial charge is 0.234 e. The van der Waals surface area contributed by atoms with Gasteiger partial charge in [-0.3, -0.25) is 0 Å². The number of rotatable bonds is 10. The van der Waals surface area contributed by atoms with Crippen LogP contribution in [-0.2, 0) is 14.0 Å². The van der Waals surface area contributed by atoms with Gasteiger partial charge in [-0.1, -0.05) is 0 Å². The summed E-state index contributed by atoms with van der Waals surface area (Å²) in [5, 5.41) is 0. The minimum atomic E-state index is 0.224. The number of nitrogens with zero attached hydrogens (tertiary/aromatic N) is 2. The van der Waals surface area contributed by atoms with E-state index in [4.69, 9.17) is 4.43 Å². The Morgan fingerprint density at radius 3 is 1.94 bits per heavy atom. The van der Waals surface area contributed by atoms with Crippen molar-refractivity contribution >= 4 is 22.6 Å². The highest BCUT2D eigenvalue weighted by atomic mass is 28.2. The Bertz CT molecular complexity index is 262. The molecule has 0 aromatic rings. The van der Waals surface area contributed by atoms with Crippen LogP contribution >= 0.6 is 0 Å². The summed E-state index contributed by atoms with van der Waals surface area (Å²) in [6.45, 7) is 3.12. The molecule has 0 saturated heterocycles. The maximum absolute atomic E-state index is 9.92. The van der Waals surface area contributed by atoms with E-state index in [9.17, 15) is 9.59 Å². The average Bonchev–Trinajstić information content (AvgIpc) is 2.36. The lowest BCUT2D eigenvalue weighted by Gasteiger charge is -2.22. The molecule has 6 heteroatoms. The molecular formula is C11H20N2O3Si. The molecule has 0 spiro atoms. The standard InChI is InChI=1S/C11H20N2O3Si/c1-10(16-17)11(4-2-6-12-8-14)5-3-7-13-9-15/h10-11H,2-7H2,1,17H3. The summed E-state index contributed by atoms with van der Waals surface area (Å²) >= 11 is 0. The van der Waals surface area contributed by atoms with E-state index in [0.717, 1.165) is 36.2 Å². The van der Waals surface area contributed by atoms with E-state index in [0.29, 0.717) is 19.0 Å². The normalized spacial score (nSPS) is 13.5. The first-order valence-electron chi connectivity index (χ1n) is 5.86. The Kier molecular flexibility index (Phi) is 10.7. The molecule has 0 aromatic carbocycles. The highest BCUT2D eigenvalue weighted by Crippen LogP contribution is 2.19. The molecule has 0 aromatic heterocycles. The molecule has 0 bridgehead atoms. The quantitative estimate of drug-likeness (QED) is 0.248. The molecule has 0 amide bonds. The van der Waals surface area contributed by atoms with Gasteiger partial charge in [0, 0.05) is 6.10 Å². The summed E-state index contributed by atoms with van der Waals surface area (Å²) in [5.74, 6) is 0.441. The predicted octanol–water partition coefficient (Wildman–Crippen LogP) is 0.520. The lowest BCUT2D eigenvalue weighted by molar-refractivity contribution is 0.149. The zero-order valence-corrected chi connectivity index (χ0v) is 12.5. The Hall–Kier alpha value is -1.06. The fourth-order valence-electron chi connectivity index (χ4n) is 1.76. The van der Waals surface area contributed by atoms with Crippen molar-refractivity contribution in [2.24, 2.45) is 15.9 Å². The van der Waals surface area contributed by atoms with Crippen LogP contribution in [0.4, 0.5) is 0 Å². The second-order valence-corrected chi connectivity index (χ2v) is 4.40. The van der Waals surface area contributed by atoms with Gasteiger partial charge in [0.2, 0.25) is 12.2 Å². The number of carbonyl (C=O) groups excluding carboxylic acids is 2. The van der Waals surface area contributed by atoms with Crippen molar-refractivity contribution in [3.05, 3.63) is 0 Å². The van der Waals surface area contributed by atoms with Gasteiger partial charge in [-0.05, 0) is 38.5 Å². The number of hydrogen-bond donors (Lipinski definition) is 0. The van der Waals surface area contributed by atoms with Crippen molar-refractivity contribution in [2.75, 3.05) is 13.1 Å². The zero-order valence-electron chi connectivity index (χ0n) is 10.5. The lowest BCUT2D eigenvalue weighted by Crippen LogP contribution is -2.20. The van der Waals surface area contributed by atoms with Crippen LogP contribution in [-0.4, -0.2) is 41.8 Å². The summed E-state index contributed by atoms with van der Waals surface area (Å²) in [4.78, 5) is 26.9. The van der Waals surface area contributed by atoms with Crippen LogP contribution in [0.5, 0.6) is 0 Å². The van der Waals surface area contributed by atoms with Crippen LogP contribution in [0.1, 0.15) is 32.6 Å². The van der Waals surface area contributed by atoms with E-state index in [2.05, 4.69) is 16.9 Å². The van der Waals surface area contributed by atoms with E-state index >= 15 is 0 Å². The van der Waals surface area contributed by atoms with Crippen molar-refractivity contribution in [2.45, 2.75) is 38.7 Å². The second-order valence-electron chi connectivity index (χ2n) is 3.93. The second kappa shape index (κ2) is 11.4. The van der Waals surface area contributed by atoms with Gasteiger partial charge < -0.3 is 4.43 Å². The third-order valence-corrected chi connectivity index (χ3v) is 3.60. The summed E-state index contributed by atoms with van der Waals surface area (Å²) in [7, 11) is 0.720. The van der Waals surface area contributed by atoms with Crippen molar-refractivity contribution < 1.29 is 14.0 Å². The largest absolute Gasteiger partial charge is 0.425 e. The molecule has 1 atom stereocenters. The monoisotopic (exact) mass is 256 g/mol. The molecule has 17 heavy (non-hydrogen) atoms. The molecule has 0 aliphatic rings. The third kappa shape index (κ3) is 8.71. The molecule has 0 aliphatic heterocycles. The Morgan fingerprint density at radius 2 is 1.59 bits per heavy atom. The molecule has 0 N–H and O–H groups in total. The Morgan fingerprint density at radius 1 is 1.12 bits per heavy atom. The fraction of sp³-hybridized carbons (Fsp3) is 0.818. The molecule has 5 nitrogen and oxygen atoms in total. The van der Waals surface area contributed by atoms with Gasteiger partial charge in [0.25, 0.3) is 0 Å². The number of isocyanates is 2. The van der Waals surface area contributed by atoms with E-state index in [1.165, 1.54) is 12.2 Å². The highest BCUT2D eigenvalue weighted by molar-refractivity contribution is 5.98. The molecule has 0 fully saturated rings. The van der Waals surface area contributed by atoms with Crippen LogP contribution < -0.4 is 0 Å². The van der Waals surface area contributed by atoms with Crippen LogP contribution in [0.2, 0.25) is 0 Å². The van der Waals surface area contributed by atoms with Gasteiger partial charge in [0.15, 0.2) is 0 Å². The first-order chi connectivity index (χ1) is 8.26. The van der Waals surface area contributed by atoms with Gasteiger partial charge in [0.1, 0.15) is 10.5 Å².